The van der Waals surface area contributed by atoms with Crippen molar-refractivity contribution in [3.05, 3.63) is 58.4 Å². The number of rotatable bonds is 2. The number of nitrogens with zero attached hydrogens (tertiary/aromatic N) is 4. The maximum absolute atomic E-state index is 13.9. The van der Waals surface area contributed by atoms with Crippen LogP contribution in [0.3, 0.4) is 0 Å². The molecule has 2 amide bonds. The summed E-state index contributed by atoms with van der Waals surface area (Å²) < 4.78 is 13.9. The number of carbonyl (C=O) groups excluding carboxylic acids is 2. The van der Waals surface area contributed by atoms with E-state index in [1.54, 1.807) is 37.3 Å². The molecule has 1 saturated heterocycles. The van der Waals surface area contributed by atoms with Gasteiger partial charge in [0.1, 0.15) is 5.82 Å². The Labute approximate surface area is 153 Å². The number of hydrogen-bond donors (Lipinski definition) is 0. The lowest BCUT2D eigenvalue weighted by molar-refractivity contribution is -0.121. The van der Waals surface area contributed by atoms with Crippen LogP contribution in [0, 0.1) is 19.7 Å². The largest absolute Gasteiger partial charge is 0.271 e. The summed E-state index contributed by atoms with van der Waals surface area (Å²) in [4.78, 5) is 26.7. The molecule has 0 radical (unpaired) electrons. The first-order valence-corrected chi connectivity index (χ1v) is 8.36. The molecule has 26 heavy (non-hydrogen) atoms. The smallest absolute Gasteiger partial charge is 0.263 e. The average molecular weight is 373 g/mol. The van der Waals surface area contributed by atoms with Gasteiger partial charge in [-0.15, -0.1) is 0 Å². The van der Waals surface area contributed by atoms with E-state index in [1.165, 1.54) is 11.1 Å². The first-order chi connectivity index (χ1) is 12.4. The Kier molecular flexibility index (Phi) is 3.77. The summed E-state index contributed by atoms with van der Waals surface area (Å²) in [5, 5.41) is 9.61. The van der Waals surface area contributed by atoms with E-state index in [-0.39, 0.29) is 0 Å². The van der Waals surface area contributed by atoms with Crippen LogP contribution in [0.5, 0.6) is 0 Å². The summed E-state index contributed by atoms with van der Waals surface area (Å²) in [7, 11) is 0. The van der Waals surface area contributed by atoms with Crippen LogP contribution in [0.15, 0.2) is 46.7 Å². The normalized spacial score (nSPS) is 21.7. The summed E-state index contributed by atoms with van der Waals surface area (Å²) in [5.41, 5.74) is 2.07. The lowest BCUT2D eigenvalue weighted by Crippen LogP contribution is -2.40. The molecule has 2 aliphatic heterocycles. The number of hydrogen-bond acceptors (Lipinski definition) is 5. The van der Waals surface area contributed by atoms with Gasteiger partial charge in [-0.25, -0.2) is 14.3 Å². The molecule has 4 rings (SSSR count). The van der Waals surface area contributed by atoms with Crippen LogP contribution in [-0.4, -0.2) is 23.9 Å². The van der Waals surface area contributed by atoms with Gasteiger partial charge in [-0.05, 0) is 49.2 Å². The van der Waals surface area contributed by atoms with Crippen molar-refractivity contribution in [1.82, 2.24) is 0 Å². The van der Waals surface area contributed by atoms with E-state index >= 15 is 0 Å². The third kappa shape index (κ3) is 2.39. The lowest BCUT2D eigenvalue weighted by Gasteiger charge is -2.21. The van der Waals surface area contributed by atoms with Gasteiger partial charge >= 0.3 is 0 Å². The van der Waals surface area contributed by atoms with E-state index in [4.69, 9.17) is 11.6 Å². The molecule has 1 fully saturated rings. The third-order valence-electron chi connectivity index (χ3n) is 4.62. The van der Waals surface area contributed by atoms with Gasteiger partial charge in [0.2, 0.25) is 0 Å². The number of halogens is 2. The molecule has 2 aromatic carbocycles. The highest BCUT2D eigenvalue weighted by Crippen LogP contribution is 2.36. The Balaban J connectivity index is 1.71. The Bertz CT molecular complexity index is 978. The Morgan fingerprint density at radius 2 is 1.69 bits per heavy atom. The zero-order valence-electron chi connectivity index (χ0n) is 14.0. The summed E-state index contributed by atoms with van der Waals surface area (Å²) in [5.74, 6) is -1.36. The minimum atomic E-state index is -0.952. The van der Waals surface area contributed by atoms with Crippen LogP contribution in [0.1, 0.15) is 11.1 Å². The Hall–Kier alpha value is -2.80. The van der Waals surface area contributed by atoms with Crippen molar-refractivity contribution >= 4 is 34.8 Å². The fourth-order valence-corrected chi connectivity index (χ4v) is 3.25. The molecule has 0 aliphatic carbocycles. The molecule has 132 valence electrons. The highest BCUT2D eigenvalue weighted by atomic mass is 35.5. The Morgan fingerprint density at radius 3 is 2.38 bits per heavy atom. The van der Waals surface area contributed by atoms with E-state index in [2.05, 4.69) is 10.3 Å². The second kappa shape index (κ2) is 5.88. The van der Waals surface area contributed by atoms with Crippen LogP contribution in [0.2, 0.25) is 5.02 Å². The van der Waals surface area contributed by atoms with Crippen molar-refractivity contribution in [1.29, 1.82) is 0 Å². The number of anilines is 2. The highest BCUT2D eigenvalue weighted by molar-refractivity contribution is 6.32. The zero-order chi connectivity index (χ0) is 18.6. The average Bonchev–Trinajstić information content (AvgIpc) is 3.14. The quantitative estimate of drug-likeness (QED) is 0.756. The summed E-state index contributed by atoms with van der Waals surface area (Å²) >= 11 is 6.12. The standard InChI is InChI=1S/C18H14ClFN4O2/c1-9-3-5-11(7-13(9)19)23-17(25)15-16(18(23)26)24(22-21-15)12-6-4-10(2)14(20)8-12/h3-8,15-16H,1-2H3/t15-,16-/m1/s1. The molecule has 0 aromatic heterocycles. The van der Waals surface area contributed by atoms with Crippen LogP contribution < -0.4 is 9.91 Å². The molecule has 2 atom stereocenters. The van der Waals surface area contributed by atoms with Gasteiger partial charge in [-0.3, -0.25) is 9.59 Å². The van der Waals surface area contributed by atoms with Crippen molar-refractivity contribution in [3.63, 3.8) is 0 Å². The van der Waals surface area contributed by atoms with Gasteiger partial charge in [0, 0.05) is 5.02 Å². The molecule has 0 bridgehead atoms. The molecule has 0 saturated carbocycles. The number of fused-ring (bicyclic) bond motifs is 1. The van der Waals surface area contributed by atoms with Gasteiger partial charge in [0.15, 0.2) is 12.1 Å². The topological polar surface area (TPSA) is 65.3 Å². The van der Waals surface area contributed by atoms with Gasteiger partial charge in [-0.1, -0.05) is 29.0 Å². The predicted octanol–water partition coefficient (Wildman–Crippen LogP) is 3.59. The summed E-state index contributed by atoms with van der Waals surface area (Å²) in [6.45, 7) is 3.47. The molecule has 2 heterocycles. The van der Waals surface area contributed by atoms with Crippen molar-refractivity contribution in [2.24, 2.45) is 10.3 Å². The maximum atomic E-state index is 13.9. The van der Waals surface area contributed by atoms with E-state index in [0.717, 1.165) is 10.5 Å². The fourth-order valence-electron chi connectivity index (χ4n) is 3.07. The van der Waals surface area contributed by atoms with Gasteiger partial charge in [0.25, 0.3) is 11.8 Å². The van der Waals surface area contributed by atoms with E-state index in [0.29, 0.717) is 22.0 Å². The van der Waals surface area contributed by atoms with Crippen molar-refractivity contribution in [3.8, 4) is 0 Å². The first kappa shape index (κ1) is 16.7. The Morgan fingerprint density at radius 1 is 1.00 bits per heavy atom. The number of imide groups is 1. The fraction of sp³-hybridized carbons (Fsp3) is 0.222. The van der Waals surface area contributed by atoms with E-state index in [1.807, 2.05) is 6.92 Å². The molecule has 0 N–H and O–H groups in total. The van der Waals surface area contributed by atoms with Crippen LogP contribution in [-0.2, 0) is 9.59 Å². The van der Waals surface area contributed by atoms with E-state index in [9.17, 15) is 14.0 Å². The summed E-state index contributed by atoms with van der Waals surface area (Å²) in [6.07, 6.45) is 0. The molecular formula is C18H14ClFN4O2. The minimum absolute atomic E-state index is 0.370. The maximum Gasteiger partial charge on any atom is 0.263 e. The lowest BCUT2D eigenvalue weighted by atomic mass is 10.1. The molecule has 6 nitrogen and oxygen atoms in total. The van der Waals surface area contributed by atoms with Crippen molar-refractivity contribution < 1.29 is 14.0 Å². The molecule has 0 unspecified atom stereocenters. The number of carbonyl (C=O) groups is 2. The minimum Gasteiger partial charge on any atom is -0.271 e. The van der Waals surface area contributed by atoms with Gasteiger partial charge < -0.3 is 0 Å². The number of benzene rings is 2. The van der Waals surface area contributed by atoms with Crippen LogP contribution in [0.4, 0.5) is 15.8 Å². The van der Waals surface area contributed by atoms with Gasteiger partial charge in [0.05, 0.1) is 11.4 Å². The van der Waals surface area contributed by atoms with Gasteiger partial charge in [-0.2, -0.15) is 5.11 Å². The zero-order valence-corrected chi connectivity index (χ0v) is 14.7. The predicted molar refractivity (Wildman–Crippen MR) is 94.7 cm³/mol. The molecule has 8 heteroatoms. The molecule has 0 spiro atoms. The van der Waals surface area contributed by atoms with Crippen LogP contribution >= 0.6 is 11.6 Å². The highest BCUT2D eigenvalue weighted by Gasteiger charge is 2.55. The third-order valence-corrected chi connectivity index (χ3v) is 5.02. The monoisotopic (exact) mass is 372 g/mol. The summed E-state index contributed by atoms with van der Waals surface area (Å²) in [6, 6.07) is 7.60. The number of amides is 2. The van der Waals surface area contributed by atoms with Crippen molar-refractivity contribution in [2.45, 2.75) is 25.9 Å². The van der Waals surface area contributed by atoms with E-state index < -0.39 is 29.7 Å². The SMILES string of the molecule is Cc1ccc(N2N=N[C@H]3C(=O)N(c4ccc(C)c(Cl)c4)C(=O)[C@@H]32)cc1F. The van der Waals surface area contributed by atoms with Crippen LogP contribution in [0.25, 0.3) is 0 Å². The number of aryl methyl sites for hydroxylation is 2. The molecule has 2 aromatic rings. The second-order valence-corrected chi connectivity index (χ2v) is 6.73. The second-order valence-electron chi connectivity index (χ2n) is 6.32. The first-order valence-electron chi connectivity index (χ1n) is 7.98. The molecule has 2 aliphatic rings. The van der Waals surface area contributed by atoms with Crippen molar-refractivity contribution in [2.75, 3.05) is 9.91 Å². The molecular weight excluding hydrogens is 359 g/mol.